The van der Waals surface area contributed by atoms with Gasteiger partial charge in [-0.05, 0) is 18.6 Å². The van der Waals surface area contributed by atoms with E-state index in [9.17, 15) is 4.39 Å². The van der Waals surface area contributed by atoms with E-state index in [0.717, 1.165) is 6.42 Å². The van der Waals surface area contributed by atoms with Crippen LogP contribution in [-0.4, -0.2) is 17.1 Å². The van der Waals surface area contributed by atoms with Gasteiger partial charge in [-0.25, -0.2) is 20.2 Å². The number of halogens is 1. The van der Waals surface area contributed by atoms with Crippen LogP contribution < -0.4 is 21.3 Å². The van der Waals surface area contributed by atoms with Crippen LogP contribution in [0.15, 0.2) is 24.3 Å². The van der Waals surface area contributed by atoms with Crippen molar-refractivity contribution < 1.29 is 9.13 Å². The van der Waals surface area contributed by atoms with Crippen molar-refractivity contribution in [3.63, 3.8) is 0 Å². The number of anilines is 3. The second-order valence-electron chi connectivity index (χ2n) is 4.42. The van der Waals surface area contributed by atoms with E-state index < -0.39 is 5.82 Å². The highest BCUT2D eigenvalue weighted by atomic mass is 19.1. The zero-order valence-corrected chi connectivity index (χ0v) is 12.0. The standard InChI is InChI=1S/C14H18FN5O/c1-3-4-12-18-13(8-14(19-12)20-16)17-11-7-9(21-2)5-6-10(11)15/h5-8H,3-4,16H2,1-2H3,(H2,17,18,19,20). The molecule has 21 heavy (non-hydrogen) atoms. The molecular formula is C14H18FN5O. The Morgan fingerprint density at radius 2 is 2.00 bits per heavy atom. The molecule has 0 aliphatic carbocycles. The van der Waals surface area contributed by atoms with Crippen molar-refractivity contribution in [2.24, 2.45) is 5.84 Å². The lowest BCUT2D eigenvalue weighted by Crippen LogP contribution is -2.11. The van der Waals surface area contributed by atoms with Crippen LogP contribution in [0.5, 0.6) is 5.75 Å². The van der Waals surface area contributed by atoms with Gasteiger partial charge in [0, 0.05) is 18.6 Å². The van der Waals surface area contributed by atoms with Gasteiger partial charge >= 0.3 is 0 Å². The first-order valence-corrected chi connectivity index (χ1v) is 6.61. The van der Waals surface area contributed by atoms with Gasteiger partial charge in [-0.3, -0.25) is 0 Å². The molecule has 0 aliphatic rings. The number of aryl methyl sites for hydroxylation is 1. The summed E-state index contributed by atoms with van der Waals surface area (Å²) in [6.07, 6.45) is 1.62. The Labute approximate surface area is 122 Å². The van der Waals surface area contributed by atoms with E-state index in [0.29, 0.717) is 29.6 Å². The summed E-state index contributed by atoms with van der Waals surface area (Å²) in [5.41, 5.74) is 2.76. The second-order valence-corrected chi connectivity index (χ2v) is 4.42. The Bertz CT molecular complexity index is 620. The summed E-state index contributed by atoms with van der Waals surface area (Å²) in [6, 6.07) is 6.05. The molecule has 0 spiro atoms. The number of hydrogen-bond donors (Lipinski definition) is 3. The van der Waals surface area contributed by atoms with E-state index in [1.165, 1.54) is 13.2 Å². The molecule has 112 valence electrons. The van der Waals surface area contributed by atoms with Crippen LogP contribution in [-0.2, 0) is 6.42 Å². The fourth-order valence-corrected chi connectivity index (χ4v) is 1.84. The van der Waals surface area contributed by atoms with Gasteiger partial charge in [0.05, 0.1) is 12.8 Å². The fourth-order valence-electron chi connectivity index (χ4n) is 1.84. The van der Waals surface area contributed by atoms with E-state index in [-0.39, 0.29) is 5.69 Å². The molecule has 0 fully saturated rings. The van der Waals surface area contributed by atoms with Gasteiger partial charge < -0.3 is 15.5 Å². The third-order valence-electron chi connectivity index (χ3n) is 2.83. The number of hydrogen-bond acceptors (Lipinski definition) is 6. The molecule has 1 aromatic carbocycles. The molecule has 0 amide bonds. The van der Waals surface area contributed by atoms with Crippen molar-refractivity contribution >= 4 is 17.3 Å². The third-order valence-corrected chi connectivity index (χ3v) is 2.83. The minimum absolute atomic E-state index is 0.276. The maximum atomic E-state index is 13.8. The van der Waals surface area contributed by atoms with Crippen LogP contribution in [0.1, 0.15) is 19.2 Å². The lowest BCUT2D eigenvalue weighted by Gasteiger charge is -2.11. The van der Waals surface area contributed by atoms with Crippen LogP contribution in [0.25, 0.3) is 0 Å². The first kappa shape index (κ1) is 15.0. The monoisotopic (exact) mass is 291 g/mol. The molecule has 4 N–H and O–H groups in total. The Kier molecular flexibility index (Phi) is 4.89. The summed E-state index contributed by atoms with van der Waals surface area (Å²) in [5, 5.41) is 2.92. The van der Waals surface area contributed by atoms with Gasteiger partial charge in [0.1, 0.15) is 29.0 Å². The smallest absolute Gasteiger partial charge is 0.146 e. The zero-order valence-electron chi connectivity index (χ0n) is 12.0. The number of benzene rings is 1. The van der Waals surface area contributed by atoms with E-state index >= 15 is 0 Å². The number of methoxy groups -OCH3 is 1. The number of nitrogens with two attached hydrogens (primary N) is 1. The first-order chi connectivity index (χ1) is 10.2. The first-order valence-electron chi connectivity index (χ1n) is 6.61. The van der Waals surface area contributed by atoms with Gasteiger partial charge in [-0.15, -0.1) is 0 Å². The summed E-state index contributed by atoms with van der Waals surface area (Å²) < 4.78 is 18.9. The van der Waals surface area contributed by atoms with Gasteiger partial charge in [0.15, 0.2) is 0 Å². The molecule has 0 saturated heterocycles. The molecule has 0 atom stereocenters. The lowest BCUT2D eigenvalue weighted by atomic mass is 10.2. The van der Waals surface area contributed by atoms with Crippen molar-refractivity contribution in [3.05, 3.63) is 35.9 Å². The Balaban J connectivity index is 2.32. The van der Waals surface area contributed by atoms with E-state index in [1.807, 2.05) is 6.92 Å². The number of ether oxygens (including phenoxy) is 1. The molecule has 6 nitrogen and oxygen atoms in total. The molecule has 2 rings (SSSR count). The maximum Gasteiger partial charge on any atom is 0.146 e. The number of nitrogens with zero attached hydrogens (tertiary/aromatic N) is 2. The van der Waals surface area contributed by atoms with Crippen LogP contribution in [0, 0.1) is 5.82 Å². The Morgan fingerprint density at radius 1 is 1.24 bits per heavy atom. The Morgan fingerprint density at radius 3 is 2.67 bits per heavy atom. The van der Waals surface area contributed by atoms with Crippen molar-refractivity contribution in [3.8, 4) is 5.75 Å². The van der Waals surface area contributed by atoms with Crippen LogP contribution in [0.3, 0.4) is 0 Å². The summed E-state index contributed by atoms with van der Waals surface area (Å²) in [4.78, 5) is 8.57. The van der Waals surface area contributed by atoms with Crippen molar-refractivity contribution in [1.29, 1.82) is 0 Å². The predicted octanol–water partition coefficient (Wildman–Crippen LogP) is 2.61. The number of nitrogen functional groups attached to an aromatic ring is 1. The van der Waals surface area contributed by atoms with Gasteiger partial charge in [-0.2, -0.15) is 0 Å². The van der Waals surface area contributed by atoms with Gasteiger partial charge in [0.25, 0.3) is 0 Å². The summed E-state index contributed by atoms with van der Waals surface area (Å²) >= 11 is 0. The average molecular weight is 291 g/mol. The second kappa shape index (κ2) is 6.85. The molecule has 0 aliphatic heterocycles. The van der Waals surface area contributed by atoms with Crippen molar-refractivity contribution in [2.75, 3.05) is 17.9 Å². The highest BCUT2D eigenvalue weighted by molar-refractivity contribution is 5.61. The molecular weight excluding hydrogens is 273 g/mol. The molecule has 0 radical (unpaired) electrons. The summed E-state index contributed by atoms with van der Waals surface area (Å²) in [5.74, 6) is 7.13. The number of aromatic nitrogens is 2. The Hall–Kier alpha value is -2.41. The zero-order chi connectivity index (χ0) is 15.2. The third kappa shape index (κ3) is 3.79. The summed E-state index contributed by atoms with van der Waals surface area (Å²) in [7, 11) is 1.53. The highest BCUT2D eigenvalue weighted by Gasteiger charge is 2.08. The largest absolute Gasteiger partial charge is 0.497 e. The molecule has 0 bridgehead atoms. The van der Waals surface area contributed by atoms with Crippen molar-refractivity contribution in [2.45, 2.75) is 19.8 Å². The normalized spacial score (nSPS) is 10.3. The molecule has 7 heteroatoms. The van der Waals surface area contributed by atoms with Gasteiger partial charge in [-0.1, -0.05) is 6.92 Å². The maximum absolute atomic E-state index is 13.8. The molecule has 2 aromatic rings. The van der Waals surface area contributed by atoms with E-state index in [2.05, 4.69) is 20.7 Å². The summed E-state index contributed by atoms with van der Waals surface area (Å²) in [6.45, 7) is 2.03. The molecule has 1 aromatic heterocycles. The lowest BCUT2D eigenvalue weighted by molar-refractivity contribution is 0.414. The van der Waals surface area contributed by atoms with E-state index in [1.54, 1.807) is 18.2 Å². The molecule has 1 heterocycles. The van der Waals surface area contributed by atoms with Crippen LogP contribution in [0.4, 0.5) is 21.7 Å². The minimum atomic E-state index is -0.395. The van der Waals surface area contributed by atoms with Crippen LogP contribution in [0.2, 0.25) is 0 Å². The topological polar surface area (TPSA) is 85.1 Å². The molecule has 0 saturated carbocycles. The minimum Gasteiger partial charge on any atom is -0.497 e. The van der Waals surface area contributed by atoms with E-state index in [4.69, 9.17) is 10.6 Å². The average Bonchev–Trinajstić information content (AvgIpc) is 2.49. The fraction of sp³-hybridized carbons (Fsp3) is 0.286. The number of rotatable bonds is 6. The SMILES string of the molecule is CCCc1nc(NN)cc(Nc2cc(OC)ccc2F)n1. The highest BCUT2D eigenvalue weighted by Crippen LogP contribution is 2.24. The van der Waals surface area contributed by atoms with Crippen LogP contribution >= 0.6 is 0 Å². The quantitative estimate of drug-likeness (QED) is 0.560. The number of hydrazine groups is 1. The van der Waals surface area contributed by atoms with Gasteiger partial charge in [0.2, 0.25) is 0 Å². The van der Waals surface area contributed by atoms with Crippen molar-refractivity contribution in [1.82, 2.24) is 9.97 Å². The number of nitrogens with one attached hydrogen (secondary N) is 2. The molecule has 0 unspecified atom stereocenters. The predicted molar refractivity (Wildman–Crippen MR) is 80.1 cm³/mol.